The average molecular weight is 184 g/mol. The van der Waals surface area contributed by atoms with Crippen LogP contribution >= 0.6 is 0 Å². The van der Waals surface area contributed by atoms with Gasteiger partial charge in [-0.05, 0) is 10.4 Å². The van der Waals surface area contributed by atoms with E-state index < -0.39 is 0 Å². The zero-order chi connectivity index (χ0) is 9.84. The number of tetrazole rings is 1. The highest BCUT2D eigenvalue weighted by atomic mass is 16.2. The van der Waals surface area contributed by atoms with Crippen molar-refractivity contribution in [2.45, 2.75) is 13.0 Å². The summed E-state index contributed by atoms with van der Waals surface area (Å²) in [5.41, 5.74) is 5.40. The molecule has 1 rings (SSSR count). The quantitative estimate of drug-likeness (QED) is 0.632. The third-order valence-corrected chi connectivity index (χ3v) is 1.60. The Bertz CT molecular complexity index is 293. The molecule has 7 nitrogen and oxygen atoms in total. The van der Waals surface area contributed by atoms with Crippen molar-refractivity contribution in [2.24, 2.45) is 0 Å². The molecule has 0 aliphatic heterocycles. The van der Waals surface area contributed by atoms with E-state index in [1.54, 1.807) is 14.1 Å². The van der Waals surface area contributed by atoms with E-state index in [0.29, 0.717) is 13.0 Å². The Balaban J connectivity index is 2.44. The molecule has 0 fully saturated rings. The van der Waals surface area contributed by atoms with Crippen LogP contribution in [0.3, 0.4) is 0 Å². The molecule has 1 heterocycles. The number of nitrogen functional groups attached to an aromatic ring is 1. The number of nitrogens with zero attached hydrogens (tertiary/aromatic N) is 5. The minimum Gasteiger partial charge on any atom is -0.367 e. The molecule has 1 aromatic heterocycles. The summed E-state index contributed by atoms with van der Waals surface area (Å²) >= 11 is 0. The maximum absolute atomic E-state index is 11.2. The fraction of sp³-hybridized carbons (Fsp3) is 0.667. The van der Waals surface area contributed by atoms with Gasteiger partial charge in [0.15, 0.2) is 0 Å². The van der Waals surface area contributed by atoms with E-state index in [4.69, 9.17) is 5.73 Å². The minimum absolute atomic E-state index is 0.0231. The molecule has 0 atom stereocenters. The third-order valence-electron chi connectivity index (χ3n) is 1.60. The van der Waals surface area contributed by atoms with Crippen LogP contribution in [0.1, 0.15) is 6.42 Å². The molecule has 0 saturated heterocycles. The highest BCUT2D eigenvalue weighted by Gasteiger charge is 2.06. The smallest absolute Gasteiger partial charge is 0.240 e. The molecular weight excluding hydrogens is 172 g/mol. The molecule has 0 aliphatic rings. The van der Waals surface area contributed by atoms with Crippen molar-refractivity contribution < 1.29 is 4.79 Å². The van der Waals surface area contributed by atoms with Crippen molar-refractivity contribution in [2.75, 3.05) is 19.8 Å². The second-order valence-corrected chi connectivity index (χ2v) is 2.80. The molecule has 0 radical (unpaired) electrons. The van der Waals surface area contributed by atoms with Gasteiger partial charge < -0.3 is 10.6 Å². The van der Waals surface area contributed by atoms with Gasteiger partial charge in [-0.3, -0.25) is 4.79 Å². The summed E-state index contributed by atoms with van der Waals surface area (Å²) in [6.07, 6.45) is 0.349. The van der Waals surface area contributed by atoms with Gasteiger partial charge in [0, 0.05) is 20.5 Å². The van der Waals surface area contributed by atoms with E-state index in [1.807, 2.05) is 0 Å². The van der Waals surface area contributed by atoms with Gasteiger partial charge >= 0.3 is 0 Å². The number of anilines is 1. The van der Waals surface area contributed by atoms with Crippen LogP contribution in [0.25, 0.3) is 0 Å². The number of hydrogen-bond acceptors (Lipinski definition) is 5. The molecule has 0 bridgehead atoms. The van der Waals surface area contributed by atoms with E-state index >= 15 is 0 Å². The number of hydrogen-bond donors (Lipinski definition) is 1. The summed E-state index contributed by atoms with van der Waals surface area (Å²) in [5.74, 6) is 0.251. The molecule has 1 aromatic rings. The van der Waals surface area contributed by atoms with Gasteiger partial charge in [0.2, 0.25) is 11.9 Å². The first-order chi connectivity index (χ1) is 6.11. The lowest BCUT2D eigenvalue weighted by atomic mass is 10.4. The van der Waals surface area contributed by atoms with Crippen LogP contribution in [0.2, 0.25) is 0 Å². The van der Waals surface area contributed by atoms with E-state index in [9.17, 15) is 4.79 Å². The van der Waals surface area contributed by atoms with Crippen molar-refractivity contribution in [1.29, 1.82) is 0 Å². The molecule has 0 saturated carbocycles. The van der Waals surface area contributed by atoms with Crippen LogP contribution < -0.4 is 5.73 Å². The second kappa shape index (κ2) is 3.83. The van der Waals surface area contributed by atoms with E-state index in [1.165, 1.54) is 9.58 Å². The lowest BCUT2D eigenvalue weighted by Gasteiger charge is -2.09. The number of nitrogens with two attached hydrogens (primary N) is 1. The Kier molecular flexibility index (Phi) is 2.78. The molecule has 72 valence electrons. The molecule has 0 aliphatic carbocycles. The fourth-order valence-electron chi connectivity index (χ4n) is 0.796. The molecule has 7 heteroatoms. The van der Waals surface area contributed by atoms with Crippen molar-refractivity contribution in [3.8, 4) is 0 Å². The normalized spacial score (nSPS) is 10.0. The van der Waals surface area contributed by atoms with Crippen molar-refractivity contribution in [3.63, 3.8) is 0 Å². The first kappa shape index (κ1) is 9.43. The molecule has 0 spiro atoms. The van der Waals surface area contributed by atoms with E-state index in [2.05, 4.69) is 15.5 Å². The molecule has 13 heavy (non-hydrogen) atoms. The Morgan fingerprint density at radius 2 is 2.31 bits per heavy atom. The van der Waals surface area contributed by atoms with Gasteiger partial charge in [0.05, 0.1) is 6.54 Å². The second-order valence-electron chi connectivity index (χ2n) is 2.80. The van der Waals surface area contributed by atoms with Crippen molar-refractivity contribution in [3.05, 3.63) is 0 Å². The molecule has 0 aromatic carbocycles. The van der Waals surface area contributed by atoms with Gasteiger partial charge in [-0.25, -0.2) is 4.68 Å². The molecule has 1 amide bonds. The number of amides is 1. The SMILES string of the molecule is CN(C)C(=O)CCn1nnnc1N. The zero-order valence-corrected chi connectivity index (χ0v) is 7.64. The van der Waals surface area contributed by atoms with Crippen molar-refractivity contribution in [1.82, 2.24) is 25.1 Å². The molecule has 2 N–H and O–H groups in total. The highest BCUT2D eigenvalue weighted by molar-refractivity contribution is 5.75. The highest BCUT2D eigenvalue weighted by Crippen LogP contribution is 1.96. The predicted octanol–water partition coefficient (Wildman–Crippen LogP) is -1.27. The molecular formula is C6H12N6O. The van der Waals surface area contributed by atoms with Gasteiger partial charge in [0.25, 0.3) is 0 Å². The Hall–Kier alpha value is -1.66. The van der Waals surface area contributed by atoms with Crippen LogP contribution in [0.4, 0.5) is 5.95 Å². The zero-order valence-electron chi connectivity index (χ0n) is 7.64. The molecule has 0 unspecified atom stereocenters. The standard InChI is InChI=1S/C6H12N6O/c1-11(2)5(13)3-4-12-6(7)8-9-10-12/h3-4H2,1-2H3,(H2,7,8,10). The first-order valence-electron chi connectivity index (χ1n) is 3.83. The Morgan fingerprint density at radius 3 is 2.77 bits per heavy atom. The summed E-state index contributed by atoms with van der Waals surface area (Å²) in [7, 11) is 3.40. The largest absolute Gasteiger partial charge is 0.367 e. The lowest BCUT2D eigenvalue weighted by Crippen LogP contribution is -2.23. The summed E-state index contributed by atoms with van der Waals surface area (Å²) in [6.45, 7) is 0.413. The number of aryl methyl sites for hydroxylation is 1. The van der Waals surface area contributed by atoms with Crippen LogP contribution in [0, 0.1) is 0 Å². The monoisotopic (exact) mass is 184 g/mol. The number of rotatable bonds is 3. The third kappa shape index (κ3) is 2.39. The topological polar surface area (TPSA) is 89.9 Å². The number of carbonyl (C=O) groups excluding carboxylic acids is 1. The van der Waals surface area contributed by atoms with E-state index in [0.717, 1.165) is 0 Å². The van der Waals surface area contributed by atoms with Gasteiger partial charge in [-0.2, -0.15) is 0 Å². The van der Waals surface area contributed by atoms with Crippen molar-refractivity contribution >= 4 is 11.9 Å². The van der Waals surface area contributed by atoms with Crippen LogP contribution in [-0.4, -0.2) is 45.1 Å². The van der Waals surface area contributed by atoms with Gasteiger partial charge in [0.1, 0.15) is 0 Å². The maximum Gasteiger partial charge on any atom is 0.240 e. The Morgan fingerprint density at radius 1 is 1.62 bits per heavy atom. The number of carbonyl (C=O) groups is 1. The maximum atomic E-state index is 11.2. The van der Waals surface area contributed by atoms with Crippen LogP contribution in [-0.2, 0) is 11.3 Å². The first-order valence-corrected chi connectivity index (χ1v) is 3.83. The Labute approximate surface area is 75.5 Å². The summed E-state index contributed by atoms with van der Waals surface area (Å²) in [6, 6.07) is 0. The summed E-state index contributed by atoms with van der Waals surface area (Å²) in [5, 5.41) is 10.5. The minimum atomic E-state index is 0.0231. The van der Waals surface area contributed by atoms with Crippen LogP contribution in [0.5, 0.6) is 0 Å². The summed E-state index contributed by atoms with van der Waals surface area (Å²) in [4.78, 5) is 12.7. The number of aromatic nitrogens is 4. The lowest BCUT2D eigenvalue weighted by molar-refractivity contribution is -0.128. The van der Waals surface area contributed by atoms with Gasteiger partial charge in [-0.1, -0.05) is 5.10 Å². The van der Waals surface area contributed by atoms with Gasteiger partial charge in [-0.15, -0.1) is 0 Å². The van der Waals surface area contributed by atoms with E-state index in [-0.39, 0.29) is 11.9 Å². The van der Waals surface area contributed by atoms with Crippen LogP contribution in [0.15, 0.2) is 0 Å². The average Bonchev–Trinajstić information content (AvgIpc) is 2.47. The summed E-state index contributed by atoms with van der Waals surface area (Å²) < 4.78 is 1.39. The predicted molar refractivity (Wildman–Crippen MR) is 45.5 cm³/mol. The fourth-order valence-corrected chi connectivity index (χ4v) is 0.796.